The van der Waals surface area contributed by atoms with Gasteiger partial charge in [-0.3, -0.25) is 4.72 Å². The van der Waals surface area contributed by atoms with Crippen molar-refractivity contribution in [3.8, 4) is 0 Å². The van der Waals surface area contributed by atoms with Crippen molar-refractivity contribution >= 4 is 23.7 Å². The molecule has 2 unspecified atom stereocenters. The van der Waals surface area contributed by atoms with Crippen molar-refractivity contribution in [2.75, 3.05) is 11.9 Å². The Morgan fingerprint density at radius 3 is 2.69 bits per heavy atom. The van der Waals surface area contributed by atoms with E-state index in [1.807, 2.05) is 60.7 Å². The van der Waals surface area contributed by atoms with E-state index in [0.29, 0.717) is 13.2 Å². The standard InChI is InChI=1S/C25H25N3O3S/c29-15-18-10-11-22-21(12-18)25(28-24(30)27-22,31-16-17-6-2-1-3-7-17)20-13-19-8-4-5-9-23(19)32-26-14-20/h1-12,20,26,29H,13-16H2,(H2,27,28,30). The van der Waals surface area contributed by atoms with Gasteiger partial charge in [-0.15, -0.1) is 0 Å². The molecule has 0 saturated heterocycles. The number of aliphatic imine (C=N–C) groups is 1. The molecule has 0 aliphatic carbocycles. The second kappa shape index (κ2) is 8.96. The first kappa shape index (κ1) is 21.0. The molecule has 3 aromatic rings. The van der Waals surface area contributed by atoms with Crippen molar-refractivity contribution in [2.45, 2.75) is 30.3 Å². The highest BCUT2D eigenvalue weighted by molar-refractivity contribution is 7.97. The Bertz CT molecular complexity index is 1140. The Hall–Kier alpha value is -2.84. The fourth-order valence-corrected chi connectivity index (χ4v) is 5.24. The van der Waals surface area contributed by atoms with Crippen molar-refractivity contribution in [3.63, 3.8) is 0 Å². The lowest BCUT2D eigenvalue weighted by atomic mass is 9.82. The quantitative estimate of drug-likeness (QED) is 0.435. The monoisotopic (exact) mass is 447 g/mol. The number of nitrogens with one attached hydrogen (secondary N) is 2. The third-order valence-electron chi connectivity index (χ3n) is 5.98. The Labute approximate surface area is 191 Å². The van der Waals surface area contributed by atoms with Crippen LogP contribution in [-0.2, 0) is 30.1 Å². The van der Waals surface area contributed by atoms with Gasteiger partial charge in [0.25, 0.3) is 6.02 Å². The van der Waals surface area contributed by atoms with Crippen LogP contribution in [0.5, 0.6) is 0 Å². The molecule has 0 fully saturated rings. The van der Waals surface area contributed by atoms with Gasteiger partial charge in [-0.1, -0.05) is 54.6 Å². The van der Waals surface area contributed by atoms with Crippen molar-refractivity contribution in [1.82, 2.24) is 4.72 Å². The number of fused-ring (bicyclic) bond motifs is 2. The molecule has 2 aliphatic heterocycles. The molecule has 0 spiro atoms. The Kier molecular flexibility index (Phi) is 5.89. The lowest BCUT2D eigenvalue weighted by molar-refractivity contribution is -0.0976. The fraction of sp³-hybridized carbons (Fsp3) is 0.240. The maximum absolute atomic E-state index is 10.6. The summed E-state index contributed by atoms with van der Waals surface area (Å²) < 4.78 is 10.1. The summed E-state index contributed by atoms with van der Waals surface area (Å²) in [6.45, 7) is 0.888. The second-order valence-corrected chi connectivity index (χ2v) is 8.96. The number of hydrogen-bond acceptors (Lipinski definition) is 6. The van der Waals surface area contributed by atoms with E-state index in [1.165, 1.54) is 10.5 Å². The van der Waals surface area contributed by atoms with Gasteiger partial charge in [0, 0.05) is 22.9 Å². The Morgan fingerprint density at radius 2 is 1.84 bits per heavy atom. The van der Waals surface area contributed by atoms with E-state index in [2.05, 4.69) is 22.2 Å². The van der Waals surface area contributed by atoms with Gasteiger partial charge in [0.2, 0.25) is 0 Å². The molecule has 0 radical (unpaired) electrons. The van der Waals surface area contributed by atoms with E-state index in [4.69, 9.17) is 9.73 Å². The van der Waals surface area contributed by atoms with Crippen LogP contribution in [0.4, 0.5) is 5.69 Å². The highest BCUT2D eigenvalue weighted by atomic mass is 32.2. The van der Waals surface area contributed by atoms with Crippen molar-refractivity contribution in [2.24, 2.45) is 10.9 Å². The molecule has 0 amide bonds. The van der Waals surface area contributed by atoms with Crippen LogP contribution in [-0.4, -0.2) is 22.8 Å². The van der Waals surface area contributed by atoms with Crippen molar-refractivity contribution in [1.29, 1.82) is 0 Å². The molecule has 6 nitrogen and oxygen atoms in total. The Balaban J connectivity index is 1.62. The summed E-state index contributed by atoms with van der Waals surface area (Å²) in [6, 6.07) is 23.7. The summed E-state index contributed by atoms with van der Waals surface area (Å²) in [5.74, 6) is -0.0979. The molecule has 2 atom stereocenters. The van der Waals surface area contributed by atoms with Crippen molar-refractivity contribution < 1.29 is 14.9 Å². The SMILES string of the molecule is OCc1ccc2c(c1)C(OCc1ccccc1)(C1CNSc3ccccc3C1)N=C(O)N2. The van der Waals surface area contributed by atoms with Crippen LogP contribution in [0.1, 0.15) is 22.3 Å². The molecule has 5 rings (SSSR count). The maximum atomic E-state index is 10.6. The van der Waals surface area contributed by atoms with E-state index >= 15 is 0 Å². The first-order chi connectivity index (χ1) is 15.7. The second-order valence-electron chi connectivity index (χ2n) is 8.03. The van der Waals surface area contributed by atoms with Crippen LogP contribution < -0.4 is 10.0 Å². The Morgan fingerprint density at radius 1 is 1.03 bits per heavy atom. The number of benzene rings is 3. The lowest BCUT2D eigenvalue weighted by Gasteiger charge is -2.41. The van der Waals surface area contributed by atoms with Gasteiger partial charge < -0.3 is 20.3 Å². The zero-order valence-corrected chi connectivity index (χ0v) is 18.3. The van der Waals surface area contributed by atoms with Gasteiger partial charge in [-0.2, -0.15) is 4.99 Å². The molecule has 32 heavy (non-hydrogen) atoms. The summed E-state index contributed by atoms with van der Waals surface area (Å²) in [4.78, 5) is 5.87. The van der Waals surface area contributed by atoms with Crippen LogP contribution in [0.2, 0.25) is 0 Å². The zero-order valence-electron chi connectivity index (χ0n) is 17.5. The summed E-state index contributed by atoms with van der Waals surface area (Å²) in [6.07, 6.45) is 0.727. The van der Waals surface area contributed by atoms with Crippen molar-refractivity contribution in [3.05, 3.63) is 95.1 Å². The topological polar surface area (TPSA) is 86.1 Å². The molecule has 0 bridgehead atoms. The number of amidine groups is 1. The summed E-state index contributed by atoms with van der Waals surface area (Å²) >= 11 is 1.61. The molecule has 2 heterocycles. The predicted molar refractivity (Wildman–Crippen MR) is 126 cm³/mol. The normalized spacial score (nSPS) is 22.2. The van der Waals surface area contributed by atoms with E-state index in [0.717, 1.165) is 28.8 Å². The minimum atomic E-state index is -1.13. The third kappa shape index (κ3) is 4.00. The minimum absolute atomic E-state index is 0.0840. The number of nitrogens with zero attached hydrogens (tertiary/aromatic N) is 1. The molecule has 3 aromatic carbocycles. The molecular weight excluding hydrogens is 422 g/mol. The van der Waals surface area contributed by atoms with Crippen LogP contribution in [0, 0.1) is 5.92 Å². The molecule has 164 valence electrons. The highest BCUT2D eigenvalue weighted by Gasteiger charge is 2.47. The average Bonchev–Trinajstić information content (AvgIpc) is 3.06. The van der Waals surface area contributed by atoms with Gasteiger partial charge in [0.05, 0.1) is 18.9 Å². The van der Waals surface area contributed by atoms with E-state index in [9.17, 15) is 10.2 Å². The molecule has 7 heteroatoms. The fourth-order valence-electron chi connectivity index (χ4n) is 4.37. The van der Waals surface area contributed by atoms with Crippen LogP contribution in [0.3, 0.4) is 0 Å². The van der Waals surface area contributed by atoms with E-state index in [1.54, 1.807) is 11.9 Å². The van der Waals surface area contributed by atoms with Gasteiger partial charge in [-0.05, 0) is 53.3 Å². The first-order valence-electron chi connectivity index (χ1n) is 10.6. The van der Waals surface area contributed by atoms with Gasteiger partial charge in [0.15, 0.2) is 5.72 Å². The number of hydrogen-bond donors (Lipinski definition) is 4. The number of rotatable bonds is 5. The number of aliphatic hydroxyl groups excluding tert-OH is 2. The van der Waals surface area contributed by atoms with E-state index in [-0.39, 0.29) is 18.5 Å². The largest absolute Gasteiger partial charge is 0.481 e. The van der Waals surface area contributed by atoms with Gasteiger partial charge >= 0.3 is 0 Å². The predicted octanol–water partition coefficient (Wildman–Crippen LogP) is 4.36. The molecular formula is C25H25N3O3S. The van der Waals surface area contributed by atoms with Gasteiger partial charge in [0.1, 0.15) is 0 Å². The maximum Gasteiger partial charge on any atom is 0.289 e. The highest BCUT2D eigenvalue weighted by Crippen LogP contribution is 2.46. The summed E-state index contributed by atoms with van der Waals surface area (Å²) in [5.41, 5.74) is 3.42. The molecule has 4 N–H and O–H groups in total. The average molecular weight is 448 g/mol. The lowest BCUT2D eigenvalue weighted by Crippen LogP contribution is -2.45. The smallest absolute Gasteiger partial charge is 0.289 e. The third-order valence-corrected chi connectivity index (χ3v) is 6.91. The number of anilines is 1. The van der Waals surface area contributed by atoms with Crippen LogP contribution in [0.15, 0.2) is 82.7 Å². The van der Waals surface area contributed by atoms with Crippen LogP contribution >= 0.6 is 11.9 Å². The van der Waals surface area contributed by atoms with Crippen LogP contribution in [0.25, 0.3) is 0 Å². The minimum Gasteiger partial charge on any atom is -0.481 e. The first-order valence-corrected chi connectivity index (χ1v) is 11.5. The molecule has 0 saturated carbocycles. The summed E-state index contributed by atoms with van der Waals surface area (Å²) in [5, 5.41) is 23.3. The summed E-state index contributed by atoms with van der Waals surface area (Å²) in [7, 11) is 0. The van der Waals surface area contributed by atoms with E-state index < -0.39 is 5.72 Å². The number of ether oxygens (including phenoxy) is 1. The molecule has 0 aromatic heterocycles. The number of aliphatic hydroxyl groups is 2. The molecule has 2 aliphatic rings. The zero-order chi connectivity index (χ0) is 22.0. The van der Waals surface area contributed by atoms with Gasteiger partial charge in [-0.25, -0.2) is 0 Å².